The summed E-state index contributed by atoms with van der Waals surface area (Å²) in [5, 5.41) is 3.47. The molecule has 2 nitrogen and oxygen atoms in total. The molecule has 0 aromatic heterocycles. The topological polar surface area (TPSA) is 21.3 Å². The predicted molar refractivity (Wildman–Crippen MR) is 86.2 cm³/mol. The first-order chi connectivity index (χ1) is 10.4. The molecule has 2 aromatic rings. The summed E-state index contributed by atoms with van der Waals surface area (Å²) in [5.41, 5.74) is 5.50. The van der Waals surface area contributed by atoms with Gasteiger partial charge in [-0.25, -0.2) is 0 Å². The highest BCUT2D eigenvalue weighted by Gasteiger charge is 2.23. The lowest BCUT2D eigenvalue weighted by Gasteiger charge is -2.18. The highest BCUT2D eigenvalue weighted by atomic mass is 16.5. The first-order valence-electron chi connectivity index (χ1n) is 7.98. The predicted octanol–water partition coefficient (Wildman–Crippen LogP) is 4.18. The molecule has 0 spiro atoms. The van der Waals surface area contributed by atoms with Crippen LogP contribution in [-0.4, -0.2) is 12.6 Å². The highest BCUT2D eigenvalue weighted by Crippen LogP contribution is 2.28. The maximum Gasteiger partial charge on any atom is 0.120 e. The number of ether oxygens (including phenoxy) is 1. The quantitative estimate of drug-likeness (QED) is 0.906. The van der Waals surface area contributed by atoms with Crippen LogP contribution in [0.5, 0.6) is 5.75 Å². The number of aryl methyl sites for hydroxylation is 1. The van der Waals surface area contributed by atoms with E-state index in [0.29, 0.717) is 6.10 Å². The van der Waals surface area contributed by atoms with Gasteiger partial charge in [-0.05, 0) is 67.0 Å². The summed E-state index contributed by atoms with van der Waals surface area (Å²) in [4.78, 5) is 0. The van der Waals surface area contributed by atoms with E-state index < -0.39 is 0 Å². The molecule has 1 saturated carbocycles. The van der Waals surface area contributed by atoms with Crippen LogP contribution in [0.4, 0.5) is 5.69 Å². The third kappa shape index (κ3) is 3.05. The van der Waals surface area contributed by atoms with E-state index in [1.54, 1.807) is 0 Å². The summed E-state index contributed by atoms with van der Waals surface area (Å²) >= 11 is 0. The van der Waals surface area contributed by atoms with Gasteiger partial charge < -0.3 is 10.1 Å². The summed E-state index contributed by atoms with van der Waals surface area (Å²) in [6, 6.07) is 15.4. The van der Waals surface area contributed by atoms with Crippen LogP contribution in [0, 0.1) is 0 Å². The zero-order valence-corrected chi connectivity index (χ0v) is 12.3. The second-order valence-corrected chi connectivity index (χ2v) is 6.16. The van der Waals surface area contributed by atoms with E-state index in [0.717, 1.165) is 18.7 Å². The Morgan fingerprint density at radius 3 is 2.86 bits per heavy atom. The lowest BCUT2D eigenvalue weighted by Crippen LogP contribution is -2.11. The summed E-state index contributed by atoms with van der Waals surface area (Å²) in [6.07, 6.45) is 6.30. The van der Waals surface area contributed by atoms with Gasteiger partial charge in [-0.15, -0.1) is 0 Å². The molecule has 0 unspecified atom stereocenters. The Bertz CT molecular complexity index is 646. The number of hydrogen-bond donors (Lipinski definition) is 1. The Kier molecular flexibility index (Phi) is 3.30. The van der Waals surface area contributed by atoms with E-state index in [4.69, 9.17) is 4.74 Å². The minimum Gasteiger partial charge on any atom is -0.490 e. The van der Waals surface area contributed by atoms with Gasteiger partial charge in [0.25, 0.3) is 0 Å². The lowest BCUT2D eigenvalue weighted by atomic mass is 9.97. The smallest absolute Gasteiger partial charge is 0.120 e. The molecule has 2 heteroatoms. The Hall–Kier alpha value is -1.96. The van der Waals surface area contributed by atoms with Crippen molar-refractivity contribution >= 4 is 5.69 Å². The number of rotatable bonds is 4. The zero-order valence-electron chi connectivity index (χ0n) is 12.3. The molecule has 0 atom stereocenters. The van der Waals surface area contributed by atoms with Crippen molar-refractivity contribution in [1.82, 2.24) is 0 Å². The maximum atomic E-state index is 5.88. The maximum absolute atomic E-state index is 5.88. The summed E-state index contributed by atoms with van der Waals surface area (Å²) in [7, 11) is 0. The fraction of sp³-hybridized carbons (Fsp3) is 0.368. The van der Waals surface area contributed by atoms with Crippen molar-refractivity contribution in [1.29, 1.82) is 0 Å². The fourth-order valence-electron chi connectivity index (χ4n) is 2.98. The number of fused-ring (bicyclic) bond motifs is 1. The first kappa shape index (κ1) is 12.8. The standard InChI is InChI=1S/C19H21NO/c1-3-14(13-18(5-1)21-17-7-8-17)11-15-6-9-19-16(12-15)4-2-10-20-19/h1,3,5-6,9,12-13,17,20H,2,4,7-8,10-11H2. The average molecular weight is 279 g/mol. The van der Waals surface area contributed by atoms with E-state index >= 15 is 0 Å². The molecule has 4 rings (SSSR count). The van der Waals surface area contributed by atoms with Crippen LogP contribution in [0.3, 0.4) is 0 Å². The molecule has 1 heterocycles. The van der Waals surface area contributed by atoms with Crippen LogP contribution in [0.25, 0.3) is 0 Å². The van der Waals surface area contributed by atoms with Crippen molar-refractivity contribution in [2.45, 2.75) is 38.2 Å². The SMILES string of the molecule is c1cc(Cc2ccc3c(c2)CCCN3)cc(OC2CC2)c1. The van der Waals surface area contributed by atoms with Crippen LogP contribution in [0.2, 0.25) is 0 Å². The molecular weight excluding hydrogens is 258 g/mol. The molecule has 108 valence electrons. The Morgan fingerprint density at radius 2 is 1.95 bits per heavy atom. The molecule has 21 heavy (non-hydrogen) atoms. The lowest BCUT2D eigenvalue weighted by molar-refractivity contribution is 0.303. The van der Waals surface area contributed by atoms with Crippen molar-refractivity contribution < 1.29 is 4.74 Å². The number of nitrogens with one attached hydrogen (secondary N) is 1. The van der Waals surface area contributed by atoms with Crippen LogP contribution in [0.1, 0.15) is 36.0 Å². The summed E-state index contributed by atoms with van der Waals surface area (Å²) in [5.74, 6) is 1.02. The number of anilines is 1. The molecule has 0 bridgehead atoms. The van der Waals surface area contributed by atoms with Gasteiger partial charge in [0.2, 0.25) is 0 Å². The van der Waals surface area contributed by atoms with Gasteiger partial charge in [-0.1, -0.05) is 24.3 Å². The van der Waals surface area contributed by atoms with Crippen molar-refractivity contribution in [3.8, 4) is 5.75 Å². The van der Waals surface area contributed by atoms with Crippen LogP contribution < -0.4 is 10.1 Å². The highest BCUT2D eigenvalue weighted by molar-refractivity contribution is 5.54. The molecule has 2 aromatic carbocycles. The van der Waals surface area contributed by atoms with Crippen molar-refractivity contribution in [3.05, 3.63) is 59.2 Å². The van der Waals surface area contributed by atoms with E-state index in [2.05, 4.69) is 47.8 Å². The van der Waals surface area contributed by atoms with E-state index in [-0.39, 0.29) is 0 Å². The molecule has 0 saturated heterocycles. The molecule has 0 amide bonds. The first-order valence-corrected chi connectivity index (χ1v) is 7.98. The molecule has 1 N–H and O–H groups in total. The van der Waals surface area contributed by atoms with Crippen LogP contribution >= 0.6 is 0 Å². The Balaban J connectivity index is 1.52. The van der Waals surface area contributed by atoms with Gasteiger partial charge in [-0.3, -0.25) is 0 Å². The molecule has 2 aliphatic rings. The van der Waals surface area contributed by atoms with Gasteiger partial charge in [0.1, 0.15) is 5.75 Å². The summed E-state index contributed by atoms with van der Waals surface area (Å²) < 4.78 is 5.88. The van der Waals surface area contributed by atoms with Crippen LogP contribution in [0.15, 0.2) is 42.5 Å². The van der Waals surface area contributed by atoms with Crippen molar-refractivity contribution in [2.24, 2.45) is 0 Å². The Labute approximate surface area is 126 Å². The minimum atomic E-state index is 0.468. The second kappa shape index (κ2) is 5.44. The van der Waals surface area contributed by atoms with Crippen molar-refractivity contribution in [2.75, 3.05) is 11.9 Å². The normalized spacial score (nSPS) is 17.0. The molecule has 1 aliphatic heterocycles. The number of benzene rings is 2. The summed E-state index contributed by atoms with van der Waals surface area (Å²) in [6.45, 7) is 1.10. The second-order valence-electron chi connectivity index (χ2n) is 6.16. The zero-order chi connectivity index (χ0) is 14.1. The minimum absolute atomic E-state index is 0.468. The average Bonchev–Trinajstić information content (AvgIpc) is 3.31. The van der Waals surface area contributed by atoms with Gasteiger partial charge in [0.15, 0.2) is 0 Å². The van der Waals surface area contributed by atoms with Crippen molar-refractivity contribution in [3.63, 3.8) is 0 Å². The Morgan fingerprint density at radius 1 is 1.05 bits per heavy atom. The molecule has 0 radical (unpaired) electrons. The fourth-order valence-corrected chi connectivity index (χ4v) is 2.98. The van der Waals surface area contributed by atoms with Crippen LogP contribution in [-0.2, 0) is 12.8 Å². The van der Waals surface area contributed by atoms with E-state index in [1.807, 2.05) is 0 Å². The number of hydrogen-bond acceptors (Lipinski definition) is 2. The van der Waals surface area contributed by atoms with Gasteiger partial charge in [-0.2, -0.15) is 0 Å². The third-order valence-corrected chi connectivity index (χ3v) is 4.24. The largest absolute Gasteiger partial charge is 0.490 e. The van der Waals surface area contributed by atoms with E-state index in [9.17, 15) is 0 Å². The molecule has 1 aliphatic carbocycles. The molecular formula is C19H21NO. The van der Waals surface area contributed by atoms with E-state index in [1.165, 1.54) is 48.1 Å². The third-order valence-electron chi connectivity index (χ3n) is 4.24. The van der Waals surface area contributed by atoms with Gasteiger partial charge in [0.05, 0.1) is 6.10 Å². The molecule has 1 fully saturated rings. The van der Waals surface area contributed by atoms with Gasteiger partial charge >= 0.3 is 0 Å². The van der Waals surface area contributed by atoms with Gasteiger partial charge in [0, 0.05) is 12.2 Å². The monoisotopic (exact) mass is 279 g/mol.